The lowest BCUT2D eigenvalue weighted by atomic mass is 10.0. The Hall–Kier alpha value is -4.37. The molecular formula is C30H32N6O2S. The molecule has 5 rings (SSSR count). The molecule has 1 fully saturated rings. The number of pyridine rings is 1. The molecule has 9 heteroatoms. The van der Waals surface area contributed by atoms with Crippen molar-refractivity contribution in [1.82, 2.24) is 14.9 Å². The lowest BCUT2D eigenvalue weighted by Crippen LogP contribution is -2.30. The first kappa shape index (κ1) is 26.2. The summed E-state index contributed by atoms with van der Waals surface area (Å²) in [6.45, 7) is 1.82. The van der Waals surface area contributed by atoms with Crippen LogP contribution in [-0.2, 0) is 4.79 Å². The Balaban J connectivity index is 1.61. The van der Waals surface area contributed by atoms with Crippen molar-refractivity contribution in [2.45, 2.75) is 25.4 Å². The maximum Gasteiger partial charge on any atom is 0.224 e. The van der Waals surface area contributed by atoms with Crippen LogP contribution in [0.15, 0.2) is 85.2 Å². The Labute approximate surface area is 234 Å². The number of aromatic nitrogens is 2. The molecule has 0 saturated carbocycles. The summed E-state index contributed by atoms with van der Waals surface area (Å²) in [7, 11) is 5.66. The van der Waals surface area contributed by atoms with Gasteiger partial charge >= 0.3 is 0 Å². The molecular weight excluding hydrogens is 508 g/mol. The monoisotopic (exact) mass is 540 g/mol. The van der Waals surface area contributed by atoms with Gasteiger partial charge in [-0.05, 0) is 72.9 Å². The number of hydrogen-bond donors (Lipinski definition) is 2. The maximum atomic E-state index is 12.1. The fourth-order valence-electron chi connectivity index (χ4n) is 4.89. The van der Waals surface area contributed by atoms with Gasteiger partial charge in [0, 0.05) is 61.7 Å². The van der Waals surface area contributed by atoms with Crippen molar-refractivity contribution in [3.8, 4) is 11.4 Å². The SMILES string of the molecule is CCC(=O)Nc1ccc(N2C(=S)N[C@@H](c3ccccn3)[C@H]2c2cccn2-c2ccc(N(C)C)cc2)cc1OC. The minimum absolute atomic E-state index is 0.0781. The summed E-state index contributed by atoms with van der Waals surface area (Å²) in [6, 6.07) is 23.8. The lowest BCUT2D eigenvalue weighted by molar-refractivity contribution is -0.115. The highest BCUT2D eigenvalue weighted by molar-refractivity contribution is 7.80. The van der Waals surface area contributed by atoms with E-state index >= 15 is 0 Å². The standard InChI is InChI=1S/C30H32N6O2S/c1-5-27(37)32-23-16-15-22(19-26(23)38-4)36-29(28(33-30(36)39)24-9-6-7-17-31-24)25-10-8-18-35(25)21-13-11-20(12-14-21)34(2)3/h6-19,28-29H,5H2,1-4H3,(H,32,37)(H,33,39)/t28-,29+/m0/s1. The summed E-state index contributed by atoms with van der Waals surface area (Å²) in [5.41, 5.74) is 5.59. The van der Waals surface area contributed by atoms with Crippen LogP contribution in [0.25, 0.3) is 5.69 Å². The fraction of sp³-hybridized carbons (Fsp3) is 0.233. The number of hydrogen-bond acceptors (Lipinski definition) is 5. The minimum Gasteiger partial charge on any atom is -0.494 e. The molecule has 4 aromatic rings. The van der Waals surface area contributed by atoms with Crippen LogP contribution >= 0.6 is 12.2 Å². The molecule has 0 spiro atoms. The predicted octanol–water partition coefficient (Wildman–Crippen LogP) is 5.47. The highest BCUT2D eigenvalue weighted by atomic mass is 32.1. The van der Waals surface area contributed by atoms with E-state index in [0.717, 1.165) is 28.5 Å². The lowest BCUT2D eigenvalue weighted by Gasteiger charge is -2.29. The van der Waals surface area contributed by atoms with Crippen molar-refractivity contribution in [3.63, 3.8) is 0 Å². The quantitative estimate of drug-likeness (QED) is 0.287. The molecule has 8 nitrogen and oxygen atoms in total. The Morgan fingerprint density at radius 1 is 1.08 bits per heavy atom. The summed E-state index contributed by atoms with van der Waals surface area (Å²) in [5, 5.41) is 7.01. The first-order chi connectivity index (χ1) is 18.9. The number of rotatable bonds is 8. The number of nitrogens with zero attached hydrogens (tertiary/aromatic N) is 4. The smallest absolute Gasteiger partial charge is 0.224 e. The van der Waals surface area contributed by atoms with E-state index < -0.39 is 0 Å². The second-order valence-corrected chi connectivity index (χ2v) is 9.88. The summed E-state index contributed by atoms with van der Waals surface area (Å²) in [4.78, 5) is 20.9. The van der Waals surface area contributed by atoms with Gasteiger partial charge in [-0.2, -0.15) is 0 Å². The average molecular weight is 541 g/mol. The molecule has 0 unspecified atom stereocenters. The zero-order chi connectivity index (χ0) is 27.5. The van der Waals surface area contributed by atoms with Crippen LogP contribution in [0, 0.1) is 0 Å². The molecule has 0 aliphatic carbocycles. The van der Waals surface area contributed by atoms with Crippen molar-refractivity contribution >= 4 is 40.3 Å². The zero-order valence-corrected chi connectivity index (χ0v) is 23.3. The highest BCUT2D eigenvalue weighted by Crippen LogP contribution is 2.44. The molecule has 0 bridgehead atoms. The number of amides is 1. The first-order valence-electron chi connectivity index (χ1n) is 12.8. The number of benzene rings is 2. The van der Waals surface area contributed by atoms with Crippen LogP contribution in [0.1, 0.15) is 36.8 Å². The van der Waals surface area contributed by atoms with Crippen molar-refractivity contribution in [2.75, 3.05) is 36.3 Å². The van der Waals surface area contributed by atoms with Gasteiger partial charge in [-0.25, -0.2) is 0 Å². The molecule has 1 saturated heterocycles. The van der Waals surface area contributed by atoms with Crippen molar-refractivity contribution in [3.05, 3.63) is 96.6 Å². The molecule has 3 heterocycles. The normalized spacial score (nSPS) is 16.6. The van der Waals surface area contributed by atoms with Crippen LogP contribution in [-0.4, -0.2) is 41.8 Å². The van der Waals surface area contributed by atoms with E-state index in [4.69, 9.17) is 17.0 Å². The summed E-state index contributed by atoms with van der Waals surface area (Å²) >= 11 is 5.92. The highest BCUT2D eigenvalue weighted by Gasteiger charge is 2.42. The molecule has 1 aliphatic heterocycles. The van der Waals surface area contributed by atoms with Gasteiger partial charge in [0.1, 0.15) is 11.8 Å². The van der Waals surface area contributed by atoms with Gasteiger partial charge in [-0.1, -0.05) is 13.0 Å². The van der Waals surface area contributed by atoms with E-state index in [2.05, 4.69) is 66.5 Å². The third-order valence-electron chi connectivity index (χ3n) is 6.88. The van der Waals surface area contributed by atoms with Crippen LogP contribution in [0.5, 0.6) is 5.75 Å². The van der Waals surface area contributed by atoms with Gasteiger partial charge in [0.2, 0.25) is 5.91 Å². The summed E-state index contributed by atoms with van der Waals surface area (Å²) in [5.74, 6) is 0.484. The number of carbonyl (C=O) groups is 1. The molecule has 1 amide bonds. The summed E-state index contributed by atoms with van der Waals surface area (Å²) in [6.07, 6.45) is 4.25. The average Bonchev–Trinajstić information content (AvgIpc) is 3.58. The van der Waals surface area contributed by atoms with Crippen LogP contribution in [0.2, 0.25) is 0 Å². The van der Waals surface area contributed by atoms with Gasteiger partial charge in [-0.3, -0.25) is 9.78 Å². The van der Waals surface area contributed by atoms with Crippen molar-refractivity contribution in [2.24, 2.45) is 0 Å². The fourth-order valence-corrected chi connectivity index (χ4v) is 5.23. The number of nitrogens with one attached hydrogen (secondary N) is 2. The predicted molar refractivity (Wildman–Crippen MR) is 160 cm³/mol. The first-order valence-corrected chi connectivity index (χ1v) is 13.3. The number of methoxy groups -OCH3 is 1. The van der Waals surface area contributed by atoms with Crippen LogP contribution in [0.4, 0.5) is 17.1 Å². The molecule has 39 heavy (non-hydrogen) atoms. The Kier molecular flexibility index (Phi) is 7.51. The molecule has 2 atom stereocenters. The maximum absolute atomic E-state index is 12.1. The van der Waals surface area contributed by atoms with E-state index in [9.17, 15) is 4.79 Å². The minimum atomic E-state index is -0.211. The Bertz CT molecular complexity index is 1470. The van der Waals surface area contributed by atoms with E-state index in [0.29, 0.717) is 23.0 Å². The number of anilines is 3. The second kappa shape index (κ2) is 11.2. The molecule has 0 radical (unpaired) electrons. The van der Waals surface area contributed by atoms with Crippen molar-refractivity contribution in [1.29, 1.82) is 0 Å². The van der Waals surface area contributed by atoms with E-state index in [1.54, 1.807) is 13.3 Å². The number of carbonyl (C=O) groups excluding carboxylic acids is 1. The molecule has 200 valence electrons. The van der Waals surface area contributed by atoms with Gasteiger partial charge in [0.05, 0.1) is 24.5 Å². The van der Waals surface area contributed by atoms with Gasteiger partial charge in [-0.15, -0.1) is 0 Å². The zero-order valence-electron chi connectivity index (χ0n) is 22.5. The van der Waals surface area contributed by atoms with E-state index in [-0.39, 0.29) is 18.0 Å². The largest absolute Gasteiger partial charge is 0.494 e. The van der Waals surface area contributed by atoms with Crippen LogP contribution in [0.3, 0.4) is 0 Å². The van der Waals surface area contributed by atoms with Crippen LogP contribution < -0.4 is 25.2 Å². The van der Waals surface area contributed by atoms with Gasteiger partial charge in [0.25, 0.3) is 0 Å². The number of ether oxygens (including phenoxy) is 1. The van der Waals surface area contributed by atoms with Crippen molar-refractivity contribution < 1.29 is 9.53 Å². The molecule has 2 aromatic heterocycles. The molecule has 2 aromatic carbocycles. The topological polar surface area (TPSA) is 74.7 Å². The van der Waals surface area contributed by atoms with E-state index in [1.807, 2.05) is 63.5 Å². The second-order valence-electron chi connectivity index (χ2n) is 9.50. The third-order valence-corrected chi connectivity index (χ3v) is 7.20. The molecule has 2 N–H and O–H groups in total. The molecule has 1 aliphatic rings. The Morgan fingerprint density at radius 3 is 2.51 bits per heavy atom. The number of thiocarbonyl (C=S) groups is 1. The van der Waals surface area contributed by atoms with E-state index in [1.165, 1.54) is 0 Å². The Morgan fingerprint density at radius 2 is 1.85 bits per heavy atom. The summed E-state index contributed by atoms with van der Waals surface area (Å²) < 4.78 is 7.85. The third kappa shape index (κ3) is 5.18. The van der Waals surface area contributed by atoms with Gasteiger partial charge < -0.3 is 29.7 Å². The van der Waals surface area contributed by atoms with Gasteiger partial charge in [0.15, 0.2) is 5.11 Å².